The molecule has 0 spiro atoms. The van der Waals surface area contributed by atoms with Crippen LogP contribution in [-0.4, -0.2) is 28.9 Å². The predicted octanol–water partition coefficient (Wildman–Crippen LogP) is 2.84. The Hall–Kier alpha value is -1.60. The summed E-state index contributed by atoms with van der Waals surface area (Å²) in [5.74, 6) is -0.0297. The Balaban J connectivity index is 1.66. The molecule has 3 rings (SSSR count). The standard InChI is InChI=1S/C13H14BrN3O3/c14-12-2-1-11(20-12)13(18)16-9-7-15-17(8-9)10-3-5-19-6-4-10/h1-2,7-8,10H,3-6H2,(H,16,18). The number of hydrogen-bond donors (Lipinski definition) is 1. The first-order valence-electron chi connectivity index (χ1n) is 6.41. The molecule has 0 aliphatic carbocycles. The summed E-state index contributed by atoms with van der Waals surface area (Å²) >= 11 is 3.17. The SMILES string of the molecule is O=C(Nc1cnn(C2CCOCC2)c1)c1ccc(Br)o1. The van der Waals surface area contributed by atoms with Gasteiger partial charge in [-0.05, 0) is 40.9 Å². The summed E-state index contributed by atoms with van der Waals surface area (Å²) in [6, 6.07) is 3.63. The molecule has 0 bridgehead atoms. The number of carbonyl (C=O) groups excluding carboxylic acids is 1. The topological polar surface area (TPSA) is 69.3 Å². The van der Waals surface area contributed by atoms with Crippen LogP contribution in [0.5, 0.6) is 0 Å². The van der Waals surface area contributed by atoms with Crippen LogP contribution >= 0.6 is 15.9 Å². The third-order valence-corrected chi connectivity index (χ3v) is 3.65. The van der Waals surface area contributed by atoms with Gasteiger partial charge in [-0.2, -0.15) is 5.10 Å². The molecule has 1 aliphatic heterocycles. The second kappa shape index (κ2) is 5.80. The second-order valence-electron chi connectivity index (χ2n) is 4.61. The Kier molecular flexibility index (Phi) is 3.88. The maximum atomic E-state index is 11.9. The van der Waals surface area contributed by atoms with E-state index in [0.717, 1.165) is 26.1 Å². The van der Waals surface area contributed by atoms with E-state index in [1.807, 2.05) is 10.9 Å². The summed E-state index contributed by atoms with van der Waals surface area (Å²) in [5, 5.41) is 7.06. The van der Waals surface area contributed by atoms with Crippen LogP contribution in [0.25, 0.3) is 0 Å². The molecule has 1 aliphatic rings. The highest BCUT2D eigenvalue weighted by molar-refractivity contribution is 9.10. The minimum absolute atomic E-state index is 0.260. The summed E-state index contributed by atoms with van der Waals surface area (Å²) in [6.07, 6.45) is 5.37. The number of hydrogen-bond acceptors (Lipinski definition) is 4. The quantitative estimate of drug-likeness (QED) is 0.933. The van der Waals surface area contributed by atoms with Crippen LogP contribution < -0.4 is 5.32 Å². The molecule has 0 saturated carbocycles. The van der Waals surface area contributed by atoms with Gasteiger partial charge in [0.25, 0.3) is 5.91 Å². The smallest absolute Gasteiger partial charge is 0.291 e. The molecule has 2 aromatic rings. The summed E-state index contributed by atoms with van der Waals surface area (Å²) in [4.78, 5) is 11.9. The Morgan fingerprint density at radius 2 is 2.20 bits per heavy atom. The highest BCUT2D eigenvalue weighted by Gasteiger charge is 2.17. The number of ether oxygens (including phenoxy) is 1. The molecule has 3 heterocycles. The molecule has 1 N–H and O–H groups in total. The van der Waals surface area contributed by atoms with Crippen molar-refractivity contribution in [3.8, 4) is 0 Å². The third kappa shape index (κ3) is 2.94. The zero-order chi connectivity index (χ0) is 13.9. The molecule has 1 amide bonds. The monoisotopic (exact) mass is 339 g/mol. The second-order valence-corrected chi connectivity index (χ2v) is 5.39. The Labute approximate surface area is 124 Å². The van der Waals surface area contributed by atoms with Crippen LogP contribution in [0.2, 0.25) is 0 Å². The number of nitrogens with zero attached hydrogens (tertiary/aromatic N) is 2. The average molecular weight is 340 g/mol. The fourth-order valence-electron chi connectivity index (χ4n) is 2.18. The van der Waals surface area contributed by atoms with Crippen molar-refractivity contribution in [2.45, 2.75) is 18.9 Å². The van der Waals surface area contributed by atoms with Crippen molar-refractivity contribution in [1.82, 2.24) is 9.78 Å². The first kappa shape index (κ1) is 13.4. The minimum atomic E-state index is -0.290. The van der Waals surface area contributed by atoms with Gasteiger partial charge in [0.1, 0.15) is 0 Å². The van der Waals surface area contributed by atoms with E-state index in [-0.39, 0.29) is 11.7 Å². The number of anilines is 1. The van der Waals surface area contributed by atoms with Gasteiger partial charge >= 0.3 is 0 Å². The lowest BCUT2D eigenvalue weighted by atomic mass is 10.1. The number of amides is 1. The van der Waals surface area contributed by atoms with E-state index < -0.39 is 0 Å². The zero-order valence-electron chi connectivity index (χ0n) is 10.7. The Morgan fingerprint density at radius 3 is 2.90 bits per heavy atom. The number of rotatable bonds is 3. The lowest BCUT2D eigenvalue weighted by Crippen LogP contribution is -2.19. The van der Waals surface area contributed by atoms with Crippen LogP contribution in [0.3, 0.4) is 0 Å². The van der Waals surface area contributed by atoms with E-state index in [2.05, 4.69) is 26.3 Å². The normalized spacial score (nSPS) is 16.2. The molecule has 20 heavy (non-hydrogen) atoms. The van der Waals surface area contributed by atoms with Crippen molar-refractivity contribution >= 4 is 27.5 Å². The zero-order valence-corrected chi connectivity index (χ0v) is 12.3. The molecule has 0 radical (unpaired) electrons. The average Bonchev–Trinajstić information content (AvgIpc) is 3.09. The molecular weight excluding hydrogens is 326 g/mol. The molecule has 0 aromatic carbocycles. The van der Waals surface area contributed by atoms with Crippen LogP contribution in [0, 0.1) is 0 Å². The van der Waals surface area contributed by atoms with Crippen LogP contribution in [0.4, 0.5) is 5.69 Å². The van der Waals surface area contributed by atoms with Gasteiger partial charge in [-0.25, -0.2) is 0 Å². The minimum Gasteiger partial charge on any atom is -0.444 e. The van der Waals surface area contributed by atoms with Crippen molar-refractivity contribution in [2.75, 3.05) is 18.5 Å². The summed E-state index contributed by atoms with van der Waals surface area (Å²) < 4.78 is 12.9. The molecule has 106 valence electrons. The maximum Gasteiger partial charge on any atom is 0.291 e. The van der Waals surface area contributed by atoms with E-state index in [4.69, 9.17) is 9.15 Å². The largest absolute Gasteiger partial charge is 0.444 e. The number of nitrogens with one attached hydrogen (secondary N) is 1. The van der Waals surface area contributed by atoms with Gasteiger partial charge in [-0.15, -0.1) is 0 Å². The highest BCUT2D eigenvalue weighted by Crippen LogP contribution is 2.22. The lowest BCUT2D eigenvalue weighted by Gasteiger charge is -2.22. The number of halogens is 1. The lowest BCUT2D eigenvalue weighted by molar-refractivity contribution is 0.0662. The van der Waals surface area contributed by atoms with Crippen molar-refractivity contribution < 1.29 is 13.9 Å². The predicted molar refractivity (Wildman–Crippen MR) is 75.7 cm³/mol. The van der Waals surface area contributed by atoms with E-state index in [9.17, 15) is 4.79 Å². The third-order valence-electron chi connectivity index (χ3n) is 3.22. The van der Waals surface area contributed by atoms with Crippen molar-refractivity contribution in [3.05, 3.63) is 35.0 Å². The molecule has 6 nitrogen and oxygen atoms in total. The van der Waals surface area contributed by atoms with Crippen LogP contribution in [0.15, 0.2) is 33.6 Å². The van der Waals surface area contributed by atoms with E-state index in [1.165, 1.54) is 0 Å². The maximum absolute atomic E-state index is 11.9. The van der Waals surface area contributed by atoms with Crippen molar-refractivity contribution in [3.63, 3.8) is 0 Å². The molecular formula is C13H14BrN3O3. The van der Waals surface area contributed by atoms with Gasteiger partial charge in [-0.3, -0.25) is 9.48 Å². The van der Waals surface area contributed by atoms with E-state index in [1.54, 1.807) is 18.3 Å². The van der Waals surface area contributed by atoms with E-state index >= 15 is 0 Å². The first-order chi connectivity index (χ1) is 9.72. The molecule has 7 heteroatoms. The number of furan rings is 1. The van der Waals surface area contributed by atoms with Gasteiger partial charge in [0.2, 0.25) is 0 Å². The molecule has 1 saturated heterocycles. The van der Waals surface area contributed by atoms with Gasteiger partial charge in [0.05, 0.1) is 17.9 Å². The molecule has 0 atom stereocenters. The Morgan fingerprint density at radius 1 is 1.40 bits per heavy atom. The first-order valence-corrected chi connectivity index (χ1v) is 7.20. The molecule has 2 aromatic heterocycles. The van der Waals surface area contributed by atoms with E-state index in [0.29, 0.717) is 16.4 Å². The number of aromatic nitrogens is 2. The highest BCUT2D eigenvalue weighted by atomic mass is 79.9. The summed E-state index contributed by atoms with van der Waals surface area (Å²) in [7, 11) is 0. The molecule has 1 fully saturated rings. The fraction of sp³-hybridized carbons (Fsp3) is 0.385. The van der Waals surface area contributed by atoms with Gasteiger partial charge in [-0.1, -0.05) is 0 Å². The van der Waals surface area contributed by atoms with Gasteiger partial charge in [0, 0.05) is 19.4 Å². The van der Waals surface area contributed by atoms with Gasteiger partial charge in [0.15, 0.2) is 10.4 Å². The van der Waals surface area contributed by atoms with Gasteiger partial charge < -0.3 is 14.5 Å². The summed E-state index contributed by atoms with van der Waals surface area (Å²) in [5.41, 5.74) is 0.661. The van der Waals surface area contributed by atoms with Crippen LogP contribution in [0.1, 0.15) is 29.4 Å². The van der Waals surface area contributed by atoms with Crippen LogP contribution in [-0.2, 0) is 4.74 Å². The van der Waals surface area contributed by atoms with Crippen molar-refractivity contribution in [1.29, 1.82) is 0 Å². The van der Waals surface area contributed by atoms with Crippen molar-refractivity contribution in [2.24, 2.45) is 0 Å². The fourth-order valence-corrected chi connectivity index (χ4v) is 2.49. The summed E-state index contributed by atoms with van der Waals surface area (Å²) in [6.45, 7) is 1.51. The number of carbonyl (C=O) groups is 1. The Bertz CT molecular complexity index is 602. The molecule has 0 unspecified atom stereocenters.